The van der Waals surface area contributed by atoms with Crippen molar-refractivity contribution in [3.63, 3.8) is 0 Å². The molecule has 1 aromatic heterocycles. The smallest absolute Gasteiger partial charge is 0.170 e. The molecule has 1 aliphatic carbocycles. The quantitative estimate of drug-likeness (QED) is 0.748. The van der Waals surface area contributed by atoms with Gasteiger partial charge in [-0.25, -0.2) is 0 Å². The van der Waals surface area contributed by atoms with Crippen LogP contribution in [0.15, 0.2) is 4.52 Å². The van der Waals surface area contributed by atoms with Crippen molar-refractivity contribution in [3.8, 4) is 0 Å². The molecular weight excluding hydrogens is 152 g/mol. The summed E-state index contributed by atoms with van der Waals surface area (Å²) in [5.74, 6) is 2.27. The first-order chi connectivity index (χ1) is 5.83. The van der Waals surface area contributed by atoms with Crippen molar-refractivity contribution in [2.24, 2.45) is 0 Å². The molecule has 0 aromatic carbocycles. The van der Waals surface area contributed by atoms with Crippen LogP contribution in [0, 0.1) is 0 Å². The van der Waals surface area contributed by atoms with Gasteiger partial charge >= 0.3 is 0 Å². The number of nitrogens with two attached hydrogens (primary N) is 1. The summed E-state index contributed by atoms with van der Waals surface area (Å²) >= 11 is 0. The molecule has 66 valence electrons. The lowest BCUT2D eigenvalue weighted by molar-refractivity contribution is 0.385. The lowest BCUT2D eigenvalue weighted by atomic mass is 10.1. The van der Waals surface area contributed by atoms with E-state index in [1.54, 1.807) is 0 Å². The van der Waals surface area contributed by atoms with Crippen LogP contribution < -0.4 is 5.73 Å². The van der Waals surface area contributed by atoms with Crippen LogP contribution in [0.25, 0.3) is 0 Å². The van der Waals surface area contributed by atoms with Gasteiger partial charge in [-0.15, -0.1) is 0 Å². The highest BCUT2D eigenvalue weighted by Gasteiger charge is 2.31. The Hall–Kier alpha value is -0.990. The summed E-state index contributed by atoms with van der Waals surface area (Å²) in [5, 5.41) is 3.80. The van der Waals surface area contributed by atoms with Crippen molar-refractivity contribution in [1.82, 2.24) is 5.16 Å². The minimum atomic E-state index is 0.596. The van der Waals surface area contributed by atoms with Crippen molar-refractivity contribution < 1.29 is 4.52 Å². The Kier molecular flexibility index (Phi) is 1.79. The summed E-state index contributed by atoms with van der Waals surface area (Å²) in [4.78, 5) is 0. The average molecular weight is 166 g/mol. The molecule has 0 spiro atoms. The molecule has 3 heteroatoms. The Morgan fingerprint density at radius 2 is 2.33 bits per heavy atom. The first kappa shape index (κ1) is 7.65. The van der Waals surface area contributed by atoms with Gasteiger partial charge in [0.25, 0.3) is 0 Å². The van der Waals surface area contributed by atoms with E-state index in [4.69, 9.17) is 10.3 Å². The highest BCUT2D eigenvalue weighted by atomic mass is 16.5. The Labute approximate surface area is 71.9 Å². The van der Waals surface area contributed by atoms with Crippen LogP contribution in [0.4, 0.5) is 5.82 Å². The van der Waals surface area contributed by atoms with Crippen LogP contribution in [0.3, 0.4) is 0 Å². The molecule has 3 nitrogen and oxygen atoms in total. The van der Waals surface area contributed by atoms with Crippen LogP contribution in [-0.4, -0.2) is 5.16 Å². The number of hydrogen-bond donors (Lipinski definition) is 1. The minimum absolute atomic E-state index is 0.596. The lowest BCUT2D eigenvalue weighted by Crippen LogP contribution is -1.93. The second-order valence-electron chi connectivity index (χ2n) is 3.43. The van der Waals surface area contributed by atoms with Gasteiger partial charge in [0, 0.05) is 11.5 Å². The van der Waals surface area contributed by atoms with Gasteiger partial charge in [0.05, 0.1) is 0 Å². The molecule has 2 rings (SSSR count). The summed E-state index contributed by atoms with van der Waals surface area (Å²) in [6.07, 6.45) is 4.59. The molecule has 0 bridgehead atoms. The van der Waals surface area contributed by atoms with Crippen LogP contribution >= 0.6 is 0 Å². The predicted octanol–water partition coefficient (Wildman–Crippen LogP) is 2.09. The van der Waals surface area contributed by atoms with Crippen LogP contribution in [0.2, 0.25) is 0 Å². The van der Waals surface area contributed by atoms with Gasteiger partial charge in [0.2, 0.25) is 0 Å². The zero-order valence-electron chi connectivity index (χ0n) is 7.34. The van der Waals surface area contributed by atoms with E-state index < -0.39 is 0 Å². The van der Waals surface area contributed by atoms with Crippen molar-refractivity contribution in [2.75, 3.05) is 5.73 Å². The zero-order chi connectivity index (χ0) is 8.55. The number of nitrogens with zero attached hydrogens (tertiary/aromatic N) is 1. The van der Waals surface area contributed by atoms with Gasteiger partial charge in [-0.2, -0.15) is 0 Å². The summed E-state index contributed by atoms with van der Waals surface area (Å²) in [6, 6.07) is 0. The number of rotatable bonds is 3. The Morgan fingerprint density at radius 1 is 1.58 bits per heavy atom. The van der Waals surface area contributed by atoms with E-state index in [0.29, 0.717) is 11.7 Å². The van der Waals surface area contributed by atoms with Gasteiger partial charge in [-0.3, -0.25) is 0 Å². The van der Waals surface area contributed by atoms with E-state index in [0.717, 1.165) is 24.2 Å². The standard InChI is InChI=1S/C9H14N2O/c1-2-3-7-8(6-4-5-6)12-11-9(7)10/h6H,2-5H2,1H3,(H2,10,11). The molecule has 0 radical (unpaired) electrons. The van der Waals surface area contributed by atoms with E-state index in [1.165, 1.54) is 12.8 Å². The van der Waals surface area contributed by atoms with Gasteiger partial charge in [-0.1, -0.05) is 18.5 Å². The normalized spacial score (nSPS) is 16.8. The number of anilines is 1. The predicted molar refractivity (Wildman–Crippen MR) is 46.9 cm³/mol. The summed E-state index contributed by atoms with van der Waals surface area (Å²) in [7, 11) is 0. The van der Waals surface area contributed by atoms with E-state index in [1.807, 2.05) is 0 Å². The Morgan fingerprint density at radius 3 is 2.92 bits per heavy atom. The topological polar surface area (TPSA) is 52.0 Å². The van der Waals surface area contributed by atoms with Crippen LogP contribution in [0.1, 0.15) is 43.4 Å². The third-order valence-corrected chi connectivity index (χ3v) is 2.30. The largest absolute Gasteiger partial charge is 0.381 e. The molecule has 0 amide bonds. The Balaban J connectivity index is 2.26. The maximum Gasteiger partial charge on any atom is 0.170 e. The minimum Gasteiger partial charge on any atom is -0.381 e. The average Bonchev–Trinajstić information content (AvgIpc) is 2.82. The van der Waals surface area contributed by atoms with Gasteiger partial charge < -0.3 is 10.3 Å². The second-order valence-corrected chi connectivity index (χ2v) is 3.43. The summed E-state index contributed by atoms with van der Waals surface area (Å²) in [6.45, 7) is 2.14. The third-order valence-electron chi connectivity index (χ3n) is 2.30. The number of nitrogen functional groups attached to an aromatic ring is 1. The molecule has 1 fully saturated rings. The monoisotopic (exact) mass is 166 g/mol. The van der Waals surface area contributed by atoms with Crippen LogP contribution in [0.5, 0.6) is 0 Å². The molecule has 0 unspecified atom stereocenters. The SMILES string of the molecule is CCCc1c(N)noc1C1CC1. The van der Waals surface area contributed by atoms with Gasteiger partial charge in [0.15, 0.2) is 5.82 Å². The highest BCUT2D eigenvalue weighted by Crippen LogP contribution is 2.43. The summed E-state index contributed by atoms with van der Waals surface area (Å²) < 4.78 is 5.20. The molecule has 12 heavy (non-hydrogen) atoms. The van der Waals surface area contributed by atoms with E-state index in [2.05, 4.69) is 12.1 Å². The zero-order valence-corrected chi connectivity index (χ0v) is 7.34. The highest BCUT2D eigenvalue weighted by molar-refractivity contribution is 5.42. The molecule has 0 saturated heterocycles. The maximum absolute atomic E-state index is 5.69. The van der Waals surface area contributed by atoms with Crippen molar-refractivity contribution in [1.29, 1.82) is 0 Å². The number of aromatic nitrogens is 1. The molecule has 0 aliphatic heterocycles. The fraction of sp³-hybridized carbons (Fsp3) is 0.667. The second kappa shape index (κ2) is 2.81. The van der Waals surface area contributed by atoms with Crippen LogP contribution in [-0.2, 0) is 6.42 Å². The van der Waals surface area contributed by atoms with Crippen molar-refractivity contribution in [3.05, 3.63) is 11.3 Å². The first-order valence-electron chi connectivity index (χ1n) is 4.56. The molecular formula is C9H14N2O. The molecule has 0 atom stereocenters. The van der Waals surface area contributed by atoms with Gasteiger partial charge in [-0.05, 0) is 19.3 Å². The molecule has 1 aromatic rings. The third kappa shape index (κ3) is 1.19. The Bertz CT molecular complexity index is 276. The fourth-order valence-electron chi connectivity index (χ4n) is 1.50. The molecule has 1 aliphatic rings. The van der Waals surface area contributed by atoms with E-state index >= 15 is 0 Å². The maximum atomic E-state index is 5.69. The lowest BCUT2D eigenvalue weighted by Gasteiger charge is -1.96. The molecule has 1 heterocycles. The number of hydrogen-bond acceptors (Lipinski definition) is 3. The molecule has 1 saturated carbocycles. The van der Waals surface area contributed by atoms with Gasteiger partial charge in [0.1, 0.15) is 5.76 Å². The van der Waals surface area contributed by atoms with E-state index in [-0.39, 0.29) is 0 Å². The van der Waals surface area contributed by atoms with Crippen molar-refractivity contribution in [2.45, 2.75) is 38.5 Å². The fourth-order valence-corrected chi connectivity index (χ4v) is 1.50. The van der Waals surface area contributed by atoms with Crippen molar-refractivity contribution >= 4 is 5.82 Å². The molecule has 2 N–H and O–H groups in total. The van der Waals surface area contributed by atoms with E-state index in [9.17, 15) is 0 Å². The summed E-state index contributed by atoms with van der Waals surface area (Å²) in [5.41, 5.74) is 6.84. The first-order valence-corrected chi connectivity index (χ1v) is 4.56.